The Morgan fingerprint density at radius 3 is 2.39 bits per heavy atom. The van der Waals surface area contributed by atoms with E-state index < -0.39 is 12.0 Å². The van der Waals surface area contributed by atoms with E-state index in [4.69, 9.17) is 4.74 Å². The number of H-pyrrole nitrogens is 1. The van der Waals surface area contributed by atoms with Crippen LogP contribution in [0.5, 0.6) is 0 Å². The molecule has 1 atom stereocenters. The van der Waals surface area contributed by atoms with Crippen LogP contribution in [0.1, 0.15) is 58.8 Å². The Balaban J connectivity index is 2.29. The molecule has 0 aromatic carbocycles. The monoisotopic (exact) mass is 320 g/mol. The lowest BCUT2D eigenvalue weighted by molar-refractivity contribution is -0.130. The van der Waals surface area contributed by atoms with Crippen LogP contribution in [0.15, 0.2) is 0 Å². The van der Waals surface area contributed by atoms with E-state index in [0.717, 1.165) is 12.8 Å². The number of nitrogens with zero attached hydrogens (tertiary/aromatic N) is 1. The molecule has 23 heavy (non-hydrogen) atoms. The van der Waals surface area contributed by atoms with Crippen LogP contribution >= 0.6 is 0 Å². The molecule has 0 saturated heterocycles. The molecule has 6 nitrogen and oxygen atoms in total. The van der Waals surface area contributed by atoms with Gasteiger partial charge < -0.3 is 14.6 Å². The Morgan fingerprint density at radius 1 is 1.30 bits per heavy atom. The number of hydrogen-bond acceptors (Lipinski definition) is 4. The van der Waals surface area contributed by atoms with E-state index in [-0.39, 0.29) is 17.4 Å². The molecule has 1 aromatic rings. The minimum absolute atomic E-state index is 0.100. The first-order chi connectivity index (χ1) is 10.8. The Hall–Kier alpha value is -2.11. The van der Waals surface area contributed by atoms with Gasteiger partial charge in [-0.05, 0) is 45.1 Å². The molecule has 126 valence electrons. The molecule has 1 aliphatic rings. The van der Waals surface area contributed by atoms with Crippen molar-refractivity contribution in [2.75, 3.05) is 13.7 Å². The first kappa shape index (κ1) is 17.2. The van der Waals surface area contributed by atoms with E-state index in [1.54, 1.807) is 25.7 Å². The summed E-state index contributed by atoms with van der Waals surface area (Å²) in [6.07, 6.45) is 2.22. The fourth-order valence-electron chi connectivity index (χ4n) is 2.91. The number of ether oxygens (including phenoxy) is 1. The Morgan fingerprint density at radius 2 is 1.91 bits per heavy atom. The number of aryl methyl sites for hydroxylation is 1. The molecule has 0 unspecified atom stereocenters. The Kier molecular flexibility index (Phi) is 4.92. The molecule has 1 saturated carbocycles. The highest BCUT2D eigenvalue weighted by atomic mass is 16.5. The smallest absolute Gasteiger partial charge is 0.354 e. The minimum Gasteiger partial charge on any atom is -0.464 e. The largest absolute Gasteiger partial charge is 0.464 e. The maximum atomic E-state index is 12.9. The van der Waals surface area contributed by atoms with Crippen LogP contribution in [0.25, 0.3) is 0 Å². The highest BCUT2D eigenvalue weighted by Crippen LogP contribution is 2.31. The zero-order valence-corrected chi connectivity index (χ0v) is 14.4. The average molecular weight is 320 g/mol. The van der Waals surface area contributed by atoms with Crippen LogP contribution in [0, 0.1) is 19.8 Å². The molecule has 2 rings (SSSR count). The van der Waals surface area contributed by atoms with Gasteiger partial charge in [-0.15, -0.1) is 0 Å². The van der Waals surface area contributed by atoms with E-state index in [1.165, 1.54) is 14.0 Å². The van der Waals surface area contributed by atoms with Crippen LogP contribution in [0.3, 0.4) is 0 Å². The van der Waals surface area contributed by atoms with E-state index >= 15 is 0 Å². The summed E-state index contributed by atoms with van der Waals surface area (Å²) in [6.45, 7) is 7.32. The van der Waals surface area contributed by atoms with Crippen molar-refractivity contribution in [1.82, 2.24) is 9.88 Å². The number of amides is 1. The lowest BCUT2D eigenvalue weighted by Crippen LogP contribution is -2.43. The molecule has 0 radical (unpaired) electrons. The van der Waals surface area contributed by atoms with Gasteiger partial charge in [0.05, 0.1) is 13.2 Å². The second kappa shape index (κ2) is 6.56. The van der Waals surface area contributed by atoms with Gasteiger partial charge in [-0.3, -0.25) is 9.59 Å². The molecule has 0 aliphatic heterocycles. The van der Waals surface area contributed by atoms with E-state index in [2.05, 4.69) is 4.98 Å². The standard InChI is InChI=1S/C17H24N2O4/c1-9-14(10(2)18-15(9)17(22)23-5)16(21)11(3)19(12(4)20)8-13-6-7-13/h11,13,18H,6-8H2,1-5H3/t11-/m0/s1. The topological polar surface area (TPSA) is 79.5 Å². The van der Waals surface area contributed by atoms with E-state index in [9.17, 15) is 14.4 Å². The summed E-state index contributed by atoms with van der Waals surface area (Å²) in [4.78, 5) is 41.1. The average Bonchev–Trinajstić information content (AvgIpc) is 3.27. The van der Waals surface area contributed by atoms with Gasteiger partial charge in [0.2, 0.25) is 5.91 Å². The number of methoxy groups -OCH3 is 1. The molecule has 1 fully saturated rings. The van der Waals surface area contributed by atoms with Gasteiger partial charge in [-0.25, -0.2) is 4.79 Å². The lowest BCUT2D eigenvalue weighted by Gasteiger charge is -2.27. The fourth-order valence-corrected chi connectivity index (χ4v) is 2.91. The maximum absolute atomic E-state index is 12.9. The first-order valence-corrected chi connectivity index (χ1v) is 7.86. The third-order valence-electron chi connectivity index (χ3n) is 4.48. The number of Topliss-reactive ketones (excluding diaryl/α,β-unsaturated/α-hetero) is 1. The van der Waals surface area contributed by atoms with Gasteiger partial charge in [0.25, 0.3) is 0 Å². The van der Waals surface area contributed by atoms with Gasteiger partial charge >= 0.3 is 5.97 Å². The summed E-state index contributed by atoms with van der Waals surface area (Å²) in [5.74, 6) is -0.244. The molecule has 1 amide bonds. The molecule has 1 aliphatic carbocycles. The molecule has 1 aromatic heterocycles. The third kappa shape index (κ3) is 3.46. The highest BCUT2D eigenvalue weighted by Gasteiger charge is 2.33. The van der Waals surface area contributed by atoms with Crippen molar-refractivity contribution in [2.24, 2.45) is 5.92 Å². The van der Waals surface area contributed by atoms with Gasteiger partial charge in [-0.2, -0.15) is 0 Å². The molecule has 0 spiro atoms. The lowest BCUT2D eigenvalue weighted by atomic mass is 9.99. The van der Waals surface area contributed by atoms with Crippen molar-refractivity contribution < 1.29 is 19.1 Å². The molecule has 1 heterocycles. The normalized spacial score (nSPS) is 15.2. The van der Waals surface area contributed by atoms with Crippen molar-refractivity contribution in [3.63, 3.8) is 0 Å². The number of carbonyl (C=O) groups is 3. The summed E-state index contributed by atoms with van der Waals surface area (Å²) in [5.41, 5.74) is 1.95. The minimum atomic E-state index is -0.549. The van der Waals surface area contributed by atoms with Crippen LogP contribution < -0.4 is 0 Å². The number of aromatic nitrogens is 1. The van der Waals surface area contributed by atoms with E-state index in [0.29, 0.717) is 29.3 Å². The predicted octanol–water partition coefficient (Wildman–Crippen LogP) is 2.25. The summed E-state index contributed by atoms with van der Waals surface area (Å²) >= 11 is 0. The third-order valence-corrected chi connectivity index (χ3v) is 4.48. The van der Waals surface area contributed by atoms with Gasteiger partial charge in [0.1, 0.15) is 5.69 Å². The van der Waals surface area contributed by atoms with Gasteiger partial charge in [0.15, 0.2) is 5.78 Å². The molecule has 1 N–H and O–H groups in total. The van der Waals surface area contributed by atoms with Crippen molar-refractivity contribution in [3.8, 4) is 0 Å². The van der Waals surface area contributed by atoms with Crippen LogP contribution in [-0.2, 0) is 9.53 Å². The molecule has 0 bridgehead atoms. The van der Waals surface area contributed by atoms with Crippen molar-refractivity contribution in [3.05, 3.63) is 22.5 Å². The van der Waals surface area contributed by atoms with Crippen molar-refractivity contribution >= 4 is 17.7 Å². The number of esters is 1. The maximum Gasteiger partial charge on any atom is 0.354 e. The van der Waals surface area contributed by atoms with E-state index in [1.807, 2.05) is 0 Å². The van der Waals surface area contributed by atoms with Crippen molar-refractivity contribution in [2.45, 2.75) is 46.6 Å². The second-order valence-corrected chi connectivity index (χ2v) is 6.27. The van der Waals surface area contributed by atoms with Crippen LogP contribution in [0.2, 0.25) is 0 Å². The van der Waals surface area contributed by atoms with Crippen LogP contribution in [0.4, 0.5) is 0 Å². The fraction of sp³-hybridized carbons (Fsp3) is 0.588. The zero-order chi connectivity index (χ0) is 17.3. The summed E-state index contributed by atoms with van der Waals surface area (Å²) in [7, 11) is 1.30. The highest BCUT2D eigenvalue weighted by molar-refractivity contribution is 6.06. The SMILES string of the molecule is COC(=O)c1[nH]c(C)c(C(=O)[C@H](C)N(CC2CC2)C(C)=O)c1C. The number of aromatic amines is 1. The second-order valence-electron chi connectivity index (χ2n) is 6.27. The van der Waals surface area contributed by atoms with Crippen LogP contribution in [-0.4, -0.2) is 47.2 Å². The predicted molar refractivity (Wildman–Crippen MR) is 85.5 cm³/mol. The molecular weight excluding hydrogens is 296 g/mol. The number of hydrogen-bond donors (Lipinski definition) is 1. The Bertz CT molecular complexity index is 643. The quantitative estimate of drug-likeness (QED) is 0.644. The molecular formula is C17H24N2O4. The number of nitrogens with one attached hydrogen (secondary N) is 1. The zero-order valence-electron chi connectivity index (χ0n) is 14.4. The Labute approximate surface area is 136 Å². The summed E-state index contributed by atoms with van der Waals surface area (Å²) < 4.78 is 4.73. The number of rotatable bonds is 6. The van der Waals surface area contributed by atoms with Gasteiger partial charge in [0, 0.05) is 24.7 Å². The summed E-state index contributed by atoms with van der Waals surface area (Å²) in [5, 5.41) is 0. The molecule has 6 heteroatoms. The van der Waals surface area contributed by atoms with Gasteiger partial charge in [-0.1, -0.05) is 0 Å². The number of ketones is 1. The van der Waals surface area contributed by atoms with Crippen molar-refractivity contribution in [1.29, 1.82) is 0 Å². The number of carbonyl (C=O) groups excluding carboxylic acids is 3. The first-order valence-electron chi connectivity index (χ1n) is 7.86. The summed E-state index contributed by atoms with van der Waals surface area (Å²) in [6, 6.07) is -0.549.